The summed E-state index contributed by atoms with van der Waals surface area (Å²) in [4.78, 5) is 23.9. The average Bonchev–Trinajstić information content (AvgIpc) is 3.14. The van der Waals surface area contributed by atoms with Gasteiger partial charge in [-0.3, -0.25) is 4.79 Å². The topological polar surface area (TPSA) is 113 Å². The number of carboxylic acids is 1. The van der Waals surface area contributed by atoms with E-state index in [0.717, 1.165) is 43.4 Å². The van der Waals surface area contributed by atoms with Crippen molar-refractivity contribution >= 4 is 38.9 Å². The van der Waals surface area contributed by atoms with Gasteiger partial charge in [0.05, 0.1) is 21.0 Å². The molecule has 7 nitrogen and oxygen atoms in total. The van der Waals surface area contributed by atoms with Crippen LogP contribution in [-0.4, -0.2) is 31.4 Å². The van der Waals surface area contributed by atoms with E-state index in [-0.39, 0.29) is 27.1 Å². The third-order valence-corrected chi connectivity index (χ3v) is 7.02. The zero-order chi connectivity index (χ0) is 19.4. The molecule has 1 aromatic heterocycles. The number of amides is 1. The number of carbonyl (C=O) groups excluding carboxylic acids is 1. The van der Waals surface area contributed by atoms with E-state index < -0.39 is 21.9 Å². The number of hydrogen-bond donors (Lipinski definition) is 3. The van der Waals surface area contributed by atoms with Crippen molar-refractivity contribution in [1.29, 1.82) is 0 Å². The lowest BCUT2D eigenvalue weighted by Gasteiger charge is -2.22. The maximum Gasteiger partial charge on any atom is 0.337 e. The van der Waals surface area contributed by atoms with Crippen LogP contribution in [0.25, 0.3) is 0 Å². The third-order valence-electron chi connectivity index (χ3n) is 4.44. The summed E-state index contributed by atoms with van der Waals surface area (Å²) < 4.78 is 27.8. The Morgan fingerprint density at radius 1 is 1.11 bits per heavy atom. The number of nitrogens with one attached hydrogen (secondary N) is 2. The minimum atomic E-state index is -3.68. The molecule has 1 amide bonds. The first kappa shape index (κ1) is 19.5. The number of thiophene rings is 1. The molecule has 3 rings (SSSR count). The smallest absolute Gasteiger partial charge is 0.337 e. The van der Waals surface area contributed by atoms with Crippen molar-refractivity contribution in [3.63, 3.8) is 0 Å². The zero-order valence-electron chi connectivity index (χ0n) is 14.5. The van der Waals surface area contributed by atoms with Crippen LogP contribution in [0.2, 0.25) is 0 Å². The molecule has 1 saturated carbocycles. The molecule has 27 heavy (non-hydrogen) atoms. The van der Waals surface area contributed by atoms with Crippen LogP contribution in [0.5, 0.6) is 0 Å². The van der Waals surface area contributed by atoms with Gasteiger partial charge in [-0.1, -0.05) is 31.4 Å². The fourth-order valence-corrected chi connectivity index (χ4v) is 5.52. The first-order valence-electron chi connectivity index (χ1n) is 8.61. The summed E-state index contributed by atoms with van der Waals surface area (Å²) in [5.41, 5.74) is 0.127. The summed E-state index contributed by atoms with van der Waals surface area (Å²) in [6.07, 6.45) is 4.78. The number of para-hydroxylation sites is 1. The fourth-order valence-electron chi connectivity index (χ4n) is 3.05. The largest absolute Gasteiger partial charge is 0.478 e. The molecule has 0 saturated heterocycles. The SMILES string of the molecule is O=C(Nc1ccccc1C(=O)O)c1cc(S(=O)(=O)NC2CCCCC2)cs1. The van der Waals surface area contributed by atoms with Gasteiger partial charge in [-0.05, 0) is 31.0 Å². The standard InChI is InChI=1S/C18H20N2O5S2/c21-17(19-15-9-5-4-8-14(15)18(22)23)16-10-13(11-26-16)27(24,25)20-12-6-2-1-3-7-12/h4-5,8-12,20H,1-3,6-7H2,(H,19,21)(H,22,23). The number of aromatic carboxylic acids is 1. The van der Waals surface area contributed by atoms with Gasteiger partial charge in [-0.25, -0.2) is 17.9 Å². The van der Waals surface area contributed by atoms with Crippen molar-refractivity contribution in [3.8, 4) is 0 Å². The number of rotatable bonds is 6. The van der Waals surface area contributed by atoms with E-state index in [1.165, 1.54) is 23.6 Å². The maximum atomic E-state index is 12.5. The average molecular weight is 409 g/mol. The second-order valence-electron chi connectivity index (χ2n) is 6.41. The molecule has 0 radical (unpaired) electrons. The van der Waals surface area contributed by atoms with Gasteiger partial charge in [0.2, 0.25) is 10.0 Å². The molecule has 2 aromatic rings. The Balaban J connectivity index is 1.73. The van der Waals surface area contributed by atoms with Crippen molar-refractivity contribution in [1.82, 2.24) is 4.72 Å². The molecular weight excluding hydrogens is 388 g/mol. The van der Waals surface area contributed by atoms with E-state index in [2.05, 4.69) is 10.0 Å². The van der Waals surface area contributed by atoms with Crippen LogP contribution in [0.3, 0.4) is 0 Å². The fraction of sp³-hybridized carbons (Fsp3) is 0.333. The van der Waals surface area contributed by atoms with Gasteiger partial charge in [0.1, 0.15) is 0 Å². The highest BCUT2D eigenvalue weighted by Crippen LogP contribution is 2.24. The van der Waals surface area contributed by atoms with Gasteiger partial charge >= 0.3 is 5.97 Å². The quantitative estimate of drug-likeness (QED) is 0.679. The summed E-state index contributed by atoms with van der Waals surface area (Å²) in [7, 11) is -3.68. The predicted molar refractivity (Wildman–Crippen MR) is 103 cm³/mol. The molecule has 0 bridgehead atoms. The second kappa shape index (κ2) is 8.20. The zero-order valence-corrected chi connectivity index (χ0v) is 16.1. The summed E-state index contributed by atoms with van der Waals surface area (Å²) in [5.74, 6) is -1.70. The highest BCUT2D eigenvalue weighted by Gasteiger charge is 2.24. The Labute approximate surface area is 161 Å². The van der Waals surface area contributed by atoms with Crippen LogP contribution in [0, 0.1) is 0 Å². The molecule has 1 aliphatic rings. The highest BCUT2D eigenvalue weighted by molar-refractivity contribution is 7.89. The number of anilines is 1. The Bertz CT molecular complexity index is 946. The second-order valence-corrected chi connectivity index (χ2v) is 9.03. The van der Waals surface area contributed by atoms with Crippen LogP contribution < -0.4 is 10.0 Å². The molecule has 1 aromatic carbocycles. The number of benzene rings is 1. The molecule has 0 aliphatic heterocycles. The Morgan fingerprint density at radius 3 is 2.52 bits per heavy atom. The van der Waals surface area contributed by atoms with E-state index >= 15 is 0 Å². The van der Waals surface area contributed by atoms with Crippen molar-refractivity contribution in [2.75, 3.05) is 5.32 Å². The third kappa shape index (κ3) is 4.74. The van der Waals surface area contributed by atoms with E-state index in [1.54, 1.807) is 12.1 Å². The van der Waals surface area contributed by atoms with E-state index in [4.69, 9.17) is 0 Å². The van der Waals surface area contributed by atoms with Gasteiger partial charge in [0, 0.05) is 11.4 Å². The maximum absolute atomic E-state index is 12.5. The molecule has 144 valence electrons. The summed E-state index contributed by atoms with van der Waals surface area (Å²) in [6, 6.07) is 7.29. The van der Waals surface area contributed by atoms with Crippen LogP contribution in [0.1, 0.15) is 52.1 Å². The van der Waals surface area contributed by atoms with Gasteiger partial charge in [-0.15, -0.1) is 11.3 Å². The first-order valence-corrected chi connectivity index (χ1v) is 11.0. The van der Waals surface area contributed by atoms with E-state index in [1.807, 2.05) is 0 Å². The lowest BCUT2D eigenvalue weighted by molar-refractivity contribution is 0.0698. The van der Waals surface area contributed by atoms with Crippen LogP contribution in [0.4, 0.5) is 5.69 Å². The van der Waals surface area contributed by atoms with Crippen molar-refractivity contribution in [3.05, 3.63) is 46.2 Å². The van der Waals surface area contributed by atoms with Gasteiger partial charge in [0.25, 0.3) is 5.91 Å². The summed E-state index contributed by atoms with van der Waals surface area (Å²) in [5, 5.41) is 13.1. The van der Waals surface area contributed by atoms with Crippen LogP contribution >= 0.6 is 11.3 Å². The number of carboxylic acid groups (broad SMARTS) is 1. The molecule has 0 unspecified atom stereocenters. The summed E-state index contributed by atoms with van der Waals surface area (Å²) in [6.45, 7) is 0. The lowest BCUT2D eigenvalue weighted by Crippen LogP contribution is -2.35. The molecule has 0 spiro atoms. The minimum absolute atomic E-state index is 0.0331. The van der Waals surface area contributed by atoms with Gasteiger partial charge in [-0.2, -0.15) is 0 Å². The molecule has 1 aliphatic carbocycles. The van der Waals surface area contributed by atoms with Crippen molar-refractivity contribution < 1.29 is 23.1 Å². The Morgan fingerprint density at radius 2 is 1.81 bits per heavy atom. The monoisotopic (exact) mass is 408 g/mol. The minimum Gasteiger partial charge on any atom is -0.478 e. The number of carbonyl (C=O) groups is 2. The lowest BCUT2D eigenvalue weighted by atomic mass is 9.96. The number of hydrogen-bond acceptors (Lipinski definition) is 5. The number of sulfonamides is 1. The highest BCUT2D eigenvalue weighted by atomic mass is 32.2. The first-order chi connectivity index (χ1) is 12.9. The van der Waals surface area contributed by atoms with E-state index in [0.29, 0.717) is 0 Å². The Hall–Kier alpha value is -2.23. The van der Waals surface area contributed by atoms with E-state index in [9.17, 15) is 23.1 Å². The molecule has 0 atom stereocenters. The molecule has 3 N–H and O–H groups in total. The molecule has 1 heterocycles. The predicted octanol–water partition coefficient (Wildman–Crippen LogP) is 3.31. The summed E-state index contributed by atoms with van der Waals surface area (Å²) >= 11 is 1.00. The van der Waals surface area contributed by atoms with Crippen molar-refractivity contribution in [2.24, 2.45) is 0 Å². The molecular formula is C18H20N2O5S2. The van der Waals surface area contributed by atoms with Crippen molar-refractivity contribution in [2.45, 2.75) is 43.0 Å². The normalized spacial score (nSPS) is 15.4. The van der Waals surface area contributed by atoms with Gasteiger partial charge in [0.15, 0.2) is 0 Å². The molecule has 1 fully saturated rings. The Kier molecular flexibility index (Phi) is 5.93. The van der Waals surface area contributed by atoms with Gasteiger partial charge < -0.3 is 10.4 Å². The van der Waals surface area contributed by atoms with Crippen LogP contribution in [-0.2, 0) is 10.0 Å². The molecule has 9 heteroatoms. The van der Waals surface area contributed by atoms with Crippen LogP contribution in [0.15, 0.2) is 40.6 Å².